The quantitative estimate of drug-likeness (QED) is 0.669. The molecule has 1 heterocycles. The lowest BCUT2D eigenvalue weighted by atomic mass is 10.1. The van der Waals surface area contributed by atoms with Gasteiger partial charge in [-0.1, -0.05) is 54.6 Å². The molecule has 1 aliphatic rings. The summed E-state index contributed by atoms with van der Waals surface area (Å²) in [7, 11) is -4.00. The van der Waals surface area contributed by atoms with Crippen LogP contribution in [0.25, 0.3) is 10.8 Å². The fraction of sp³-hybridized carbons (Fsp3) is 0.100. The number of anilines is 1. The predicted molar refractivity (Wildman–Crippen MR) is 98.5 cm³/mol. The first-order chi connectivity index (χ1) is 12.5. The first-order valence-corrected chi connectivity index (χ1v) is 9.68. The molecule has 6 heteroatoms. The van der Waals surface area contributed by atoms with Crippen molar-refractivity contribution in [3.05, 3.63) is 72.8 Å². The second kappa shape index (κ2) is 6.07. The average molecular weight is 365 g/mol. The first kappa shape index (κ1) is 16.5. The van der Waals surface area contributed by atoms with Crippen molar-refractivity contribution in [1.29, 1.82) is 0 Å². The van der Waals surface area contributed by atoms with Gasteiger partial charge in [-0.05, 0) is 23.6 Å². The van der Waals surface area contributed by atoms with E-state index in [9.17, 15) is 18.0 Å². The molecule has 0 spiro atoms. The lowest BCUT2D eigenvalue weighted by molar-refractivity contribution is -0.121. The second-order valence-corrected chi connectivity index (χ2v) is 8.22. The molecule has 0 aliphatic carbocycles. The highest BCUT2D eigenvalue weighted by Gasteiger charge is 2.47. The van der Waals surface area contributed by atoms with Crippen molar-refractivity contribution >= 4 is 38.1 Å². The largest absolute Gasteiger partial charge is 0.274 e. The van der Waals surface area contributed by atoms with Crippen molar-refractivity contribution < 1.29 is 18.0 Å². The summed E-state index contributed by atoms with van der Waals surface area (Å²) in [6, 6.07) is 20.4. The van der Waals surface area contributed by atoms with E-state index in [2.05, 4.69) is 0 Å². The van der Waals surface area contributed by atoms with Crippen molar-refractivity contribution in [1.82, 2.24) is 0 Å². The Morgan fingerprint density at radius 1 is 0.808 bits per heavy atom. The number of fused-ring (bicyclic) bond motifs is 1. The number of hydrogen-bond donors (Lipinski definition) is 0. The topological polar surface area (TPSA) is 71.5 Å². The van der Waals surface area contributed by atoms with E-state index in [1.807, 2.05) is 18.2 Å². The number of benzene rings is 3. The summed E-state index contributed by atoms with van der Waals surface area (Å²) in [4.78, 5) is 26.2. The number of rotatable bonds is 3. The molecule has 2 amide bonds. The van der Waals surface area contributed by atoms with Crippen molar-refractivity contribution in [3.8, 4) is 0 Å². The van der Waals surface area contributed by atoms with Crippen LogP contribution in [-0.2, 0) is 19.4 Å². The molecule has 1 aliphatic heterocycles. The van der Waals surface area contributed by atoms with E-state index in [-0.39, 0.29) is 11.3 Å². The van der Waals surface area contributed by atoms with Gasteiger partial charge in [0.15, 0.2) is 15.1 Å². The van der Waals surface area contributed by atoms with Gasteiger partial charge in [0, 0.05) is 5.39 Å². The van der Waals surface area contributed by atoms with Gasteiger partial charge < -0.3 is 0 Å². The van der Waals surface area contributed by atoms with E-state index in [0.29, 0.717) is 11.1 Å². The van der Waals surface area contributed by atoms with Crippen LogP contribution in [0.5, 0.6) is 0 Å². The van der Waals surface area contributed by atoms with Crippen LogP contribution < -0.4 is 4.90 Å². The minimum absolute atomic E-state index is 0.0802. The van der Waals surface area contributed by atoms with Crippen LogP contribution >= 0.6 is 0 Å². The molecular weight excluding hydrogens is 350 g/mol. The standard InChI is InChI=1S/C20H15NO4S/c22-19-13-18(20(23)21(19)15-9-2-1-3-10-15)26(24,25)17-12-6-8-14-7-4-5-11-16(14)17/h1-12,18H,13H2. The Hall–Kier alpha value is -2.99. The van der Waals surface area contributed by atoms with Gasteiger partial charge >= 0.3 is 0 Å². The van der Waals surface area contributed by atoms with E-state index in [1.54, 1.807) is 48.5 Å². The third-order valence-electron chi connectivity index (χ3n) is 4.55. The van der Waals surface area contributed by atoms with Crippen molar-refractivity contribution in [3.63, 3.8) is 0 Å². The number of nitrogens with zero attached hydrogens (tertiary/aromatic N) is 1. The molecule has 1 fully saturated rings. The Kier molecular flexibility index (Phi) is 3.85. The number of amides is 2. The van der Waals surface area contributed by atoms with Crippen molar-refractivity contribution in [2.45, 2.75) is 16.6 Å². The smallest absolute Gasteiger partial charge is 0.253 e. The minimum atomic E-state index is -4.00. The molecule has 1 unspecified atom stereocenters. The maximum absolute atomic E-state index is 13.2. The van der Waals surface area contributed by atoms with E-state index in [4.69, 9.17) is 0 Å². The minimum Gasteiger partial charge on any atom is -0.274 e. The maximum atomic E-state index is 13.2. The molecule has 0 aromatic heterocycles. The van der Waals surface area contributed by atoms with Crippen LogP contribution in [0.1, 0.15) is 6.42 Å². The van der Waals surface area contributed by atoms with Crippen molar-refractivity contribution in [2.75, 3.05) is 4.90 Å². The Balaban J connectivity index is 1.80. The number of carbonyl (C=O) groups is 2. The van der Waals surface area contributed by atoms with Gasteiger partial charge in [-0.15, -0.1) is 0 Å². The van der Waals surface area contributed by atoms with Crippen LogP contribution in [0.4, 0.5) is 5.69 Å². The van der Waals surface area contributed by atoms with E-state index in [0.717, 1.165) is 10.3 Å². The Labute approximate surface area is 150 Å². The number of sulfone groups is 1. The van der Waals surface area contributed by atoms with E-state index < -0.39 is 26.9 Å². The molecule has 1 atom stereocenters. The molecule has 0 saturated carbocycles. The van der Waals surface area contributed by atoms with Gasteiger partial charge in [0.05, 0.1) is 17.0 Å². The molecule has 0 N–H and O–H groups in total. The Morgan fingerprint density at radius 3 is 2.23 bits per heavy atom. The fourth-order valence-corrected chi connectivity index (χ4v) is 5.09. The van der Waals surface area contributed by atoms with Crippen LogP contribution in [0.3, 0.4) is 0 Å². The van der Waals surface area contributed by atoms with Crippen LogP contribution in [-0.4, -0.2) is 25.5 Å². The summed E-state index contributed by atoms with van der Waals surface area (Å²) >= 11 is 0. The third kappa shape index (κ3) is 2.50. The maximum Gasteiger partial charge on any atom is 0.253 e. The Bertz CT molecular complexity index is 1120. The SMILES string of the molecule is O=C1CC(S(=O)(=O)c2cccc3ccccc23)C(=O)N1c1ccccc1. The predicted octanol–water partition coefficient (Wildman–Crippen LogP) is 2.95. The van der Waals surface area contributed by atoms with Gasteiger partial charge in [-0.2, -0.15) is 0 Å². The summed E-state index contributed by atoms with van der Waals surface area (Å²) in [6.45, 7) is 0. The van der Waals surface area contributed by atoms with Gasteiger partial charge in [0.2, 0.25) is 5.91 Å². The lowest BCUT2D eigenvalue weighted by Crippen LogP contribution is -2.35. The summed E-state index contributed by atoms with van der Waals surface area (Å²) in [5, 5.41) is -0.0836. The van der Waals surface area contributed by atoms with Gasteiger partial charge in [-0.25, -0.2) is 13.3 Å². The molecule has 26 heavy (non-hydrogen) atoms. The molecule has 3 aromatic rings. The van der Waals surface area contributed by atoms with Crippen LogP contribution in [0, 0.1) is 0 Å². The van der Waals surface area contributed by atoms with E-state index >= 15 is 0 Å². The molecule has 0 bridgehead atoms. The van der Waals surface area contributed by atoms with Crippen LogP contribution in [0.15, 0.2) is 77.7 Å². The number of hydrogen-bond acceptors (Lipinski definition) is 4. The summed E-state index contributed by atoms with van der Waals surface area (Å²) in [5.41, 5.74) is 0.387. The van der Waals surface area contributed by atoms with E-state index in [1.165, 1.54) is 6.07 Å². The third-order valence-corrected chi connectivity index (χ3v) is 6.64. The molecule has 130 valence electrons. The highest BCUT2D eigenvalue weighted by atomic mass is 32.2. The van der Waals surface area contributed by atoms with Crippen molar-refractivity contribution in [2.24, 2.45) is 0 Å². The van der Waals surface area contributed by atoms with Gasteiger partial charge in [0.1, 0.15) is 0 Å². The summed E-state index contributed by atoms with van der Waals surface area (Å²) in [5.74, 6) is -1.20. The van der Waals surface area contributed by atoms with Crippen LogP contribution in [0.2, 0.25) is 0 Å². The first-order valence-electron chi connectivity index (χ1n) is 8.13. The second-order valence-electron chi connectivity index (χ2n) is 6.12. The normalized spacial score (nSPS) is 17.8. The number of carbonyl (C=O) groups excluding carboxylic acids is 2. The molecule has 1 saturated heterocycles. The molecule has 0 radical (unpaired) electrons. The fourth-order valence-electron chi connectivity index (χ4n) is 3.29. The zero-order valence-electron chi connectivity index (χ0n) is 13.7. The highest BCUT2D eigenvalue weighted by molar-refractivity contribution is 7.93. The molecule has 5 nitrogen and oxygen atoms in total. The number of imide groups is 1. The lowest BCUT2D eigenvalue weighted by Gasteiger charge is -2.15. The summed E-state index contributed by atoms with van der Waals surface area (Å²) < 4.78 is 26.4. The summed E-state index contributed by atoms with van der Waals surface area (Å²) in [6.07, 6.45) is -0.348. The number of para-hydroxylation sites is 1. The molecule has 4 rings (SSSR count). The zero-order valence-corrected chi connectivity index (χ0v) is 14.5. The Morgan fingerprint density at radius 2 is 1.46 bits per heavy atom. The monoisotopic (exact) mass is 365 g/mol. The van der Waals surface area contributed by atoms with Gasteiger partial charge in [0.25, 0.3) is 5.91 Å². The highest BCUT2D eigenvalue weighted by Crippen LogP contribution is 2.32. The van der Waals surface area contributed by atoms with Gasteiger partial charge in [-0.3, -0.25) is 9.59 Å². The molecular formula is C20H15NO4S. The average Bonchev–Trinajstić information content (AvgIpc) is 2.97. The zero-order chi connectivity index (χ0) is 18.3. The molecule has 3 aromatic carbocycles.